The molecule has 176 valence electrons. The van der Waals surface area contributed by atoms with E-state index in [1.54, 1.807) is 18.0 Å². The van der Waals surface area contributed by atoms with Crippen LogP contribution in [-0.4, -0.2) is 73.3 Å². The number of imidazole rings is 1. The van der Waals surface area contributed by atoms with Crippen LogP contribution in [0.25, 0.3) is 11.0 Å². The topological polar surface area (TPSA) is 70.3 Å². The predicted octanol–water partition coefficient (Wildman–Crippen LogP) is 3.55. The van der Waals surface area contributed by atoms with Crippen molar-refractivity contribution in [1.82, 2.24) is 29.5 Å². The Bertz CT molecular complexity index is 1060. The van der Waals surface area contributed by atoms with Crippen LogP contribution in [0.15, 0.2) is 41.8 Å². The van der Waals surface area contributed by atoms with Crippen LogP contribution in [0.3, 0.4) is 0 Å². The van der Waals surface area contributed by atoms with Crippen LogP contribution < -0.4 is 0 Å². The maximum Gasteiger partial charge on any atom is 0.169 e. The molecule has 33 heavy (non-hydrogen) atoms. The molecule has 2 aliphatic rings. The van der Waals surface area contributed by atoms with Gasteiger partial charge in [-0.05, 0) is 68.8 Å². The highest BCUT2D eigenvalue weighted by atomic mass is 32.2. The Balaban J connectivity index is 1.17. The Hall–Kier alpha value is -2.07. The molecule has 0 aliphatic carbocycles. The number of aliphatic hydroxyl groups excluding tert-OH is 1. The number of hydrogen-bond acceptors (Lipinski definition) is 7. The van der Waals surface area contributed by atoms with Gasteiger partial charge in [0, 0.05) is 43.9 Å². The zero-order valence-corrected chi connectivity index (χ0v) is 19.8. The maximum atomic E-state index is 13.7. The summed E-state index contributed by atoms with van der Waals surface area (Å²) in [5, 5.41) is 19.9. The molecule has 9 heteroatoms. The fourth-order valence-electron chi connectivity index (χ4n) is 5.33. The van der Waals surface area contributed by atoms with E-state index in [0.29, 0.717) is 12.0 Å². The highest BCUT2D eigenvalue weighted by Gasteiger charge is 2.33. The molecule has 0 amide bonds. The number of rotatable bonds is 6. The molecule has 1 unspecified atom stereocenters. The largest absolute Gasteiger partial charge is 0.378 e. The second-order valence-electron chi connectivity index (χ2n) is 9.15. The van der Waals surface area contributed by atoms with Crippen LogP contribution in [0.1, 0.15) is 37.3 Å². The van der Waals surface area contributed by atoms with Crippen LogP contribution in [-0.2, 0) is 6.54 Å². The summed E-state index contributed by atoms with van der Waals surface area (Å²) in [7, 11) is 0. The van der Waals surface area contributed by atoms with Gasteiger partial charge in [-0.2, -0.15) is 10.2 Å². The van der Waals surface area contributed by atoms with Crippen LogP contribution in [0.2, 0.25) is 0 Å². The Morgan fingerprint density at radius 2 is 1.88 bits per heavy atom. The Morgan fingerprint density at radius 1 is 1.09 bits per heavy atom. The summed E-state index contributed by atoms with van der Waals surface area (Å²) in [5.74, 6) is 0.0633. The third kappa shape index (κ3) is 4.91. The van der Waals surface area contributed by atoms with Gasteiger partial charge in [-0.15, -0.1) is 0 Å². The molecule has 2 saturated heterocycles. The number of aromatic nitrogens is 4. The number of thioether (sulfide) groups is 1. The van der Waals surface area contributed by atoms with Crippen LogP contribution in [0.5, 0.6) is 0 Å². The van der Waals surface area contributed by atoms with E-state index < -0.39 is 0 Å². The molecular weight excluding hydrogens is 439 g/mol. The van der Waals surface area contributed by atoms with Crippen LogP contribution >= 0.6 is 11.8 Å². The van der Waals surface area contributed by atoms with Gasteiger partial charge in [0.25, 0.3) is 0 Å². The molecule has 3 aromatic rings. The molecule has 0 radical (unpaired) electrons. The summed E-state index contributed by atoms with van der Waals surface area (Å²) < 4.78 is 15.9. The first-order valence-electron chi connectivity index (χ1n) is 11.7. The normalized spacial score (nSPS) is 20.5. The lowest BCUT2D eigenvalue weighted by Crippen LogP contribution is -2.48. The van der Waals surface area contributed by atoms with E-state index in [9.17, 15) is 9.50 Å². The lowest BCUT2D eigenvalue weighted by molar-refractivity contribution is -0.0705. The molecule has 0 spiro atoms. The summed E-state index contributed by atoms with van der Waals surface area (Å²) >= 11 is 1.61. The van der Waals surface area contributed by atoms with Crippen molar-refractivity contribution in [1.29, 1.82) is 0 Å². The predicted molar refractivity (Wildman–Crippen MR) is 127 cm³/mol. The highest BCUT2D eigenvalue weighted by Crippen LogP contribution is 2.34. The number of piperidine rings is 2. The van der Waals surface area contributed by atoms with Gasteiger partial charge >= 0.3 is 0 Å². The van der Waals surface area contributed by atoms with Gasteiger partial charge in [0.05, 0.1) is 17.2 Å². The molecule has 1 N–H and O–H groups in total. The van der Waals surface area contributed by atoms with Gasteiger partial charge in [-0.3, -0.25) is 9.80 Å². The van der Waals surface area contributed by atoms with Crippen molar-refractivity contribution in [2.24, 2.45) is 5.92 Å². The van der Waals surface area contributed by atoms with Crippen molar-refractivity contribution in [3.63, 3.8) is 0 Å². The van der Waals surface area contributed by atoms with Gasteiger partial charge in [0.2, 0.25) is 0 Å². The van der Waals surface area contributed by atoms with Crippen molar-refractivity contribution in [3.05, 3.63) is 48.0 Å². The van der Waals surface area contributed by atoms with Crippen molar-refractivity contribution in [2.45, 2.75) is 49.7 Å². The fraction of sp³-hybridized carbons (Fsp3) is 0.542. The number of benzene rings is 1. The summed E-state index contributed by atoms with van der Waals surface area (Å²) in [6, 6.07) is 7.21. The number of hydrogen-bond donors (Lipinski definition) is 1. The zero-order valence-electron chi connectivity index (χ0n) is 19.0. The number of likely N-dealkylation sites (tertiary alicyclic amines) is 2. The monoisotopic (exact) mass is 470 g/mol. The first-order valence-corrected chi connectivity index (χ1v) is 13.0. The average Bonchev–Trinajstić information content (AvgIpc) is 3.22. The van der Waals surface area contributed by atoms with E-state index in [4.69, 9.17) is 0 Å². The molecule has 1 atom stereocenters. The lowest BCUT2D eigenvalue weighted by Gasteiger charge is -2.41. The fourth-order valence-corrected chi connectivity index (χ4v) is 5.97. The van der Waals surface area contributed by atoms with E-state index in [2.05, 4.69) is 29.5 Å². The molecule has 0 saturated carbocycles. The molecule has 2 aliphatic heterocycles. The van der Waals surface area contributed by atoms with Crippen molar-refractivity contribution >= 4 is 22.8 Å². The highest BCUT2D eigenvalue weighted by molar-refractivity contribution is 7.98. The first kappa shape index (κ1) is 22.7. The quantitative estimate of drug-likeness (QED) is 0.553. The summed E-state index contributed by atoms with van der Waals surface area (Å²) in [6.45, 7) is 4.61. The van der Waals surface area contributed by atoms with Gasteiger partial charge in [-0.25, -0.2) is 9.37 Å². The Kier molecular flexibility index (Phi) is 6.91. The second-order valence-corrected chi connectivity index (χ2v) is 9.92. The van der Waals surface area contributed by atoms with E-state index >= 15 is 0 Å². The smallest absolute Gasteiger partial charge is 0.169 e. The third-order valence-electron chi connectivity index (χ3n) is 7.15. The van der Waals surface area contributed by atoms with Crippen LogP contribution in [0, 0.1) is 11.7 Å². The number of halogens is 1. The molecule has 2 aromatic heterocycles. The third-order valence-corrected chi connectivity index (χ3v) is 7.80. The van der Waals surface area contributed by atoms with Gasteiger partial charge in [0.15, 0.2) is 5.16 Å². The molecule has 2 fully saturated rings. The number of aliphatic hydroxyl groups is 1. The lowest BCUT2D eigenvalue weighted by atomic mass is 9.92. The van der Waals surface area contributed by atoms with E-state index in [1.165, 1.54) is 17.7 Å². The van der Waals surface area contributed by atoms with Crippen molar-refractivity contribution in [2.75, 3.05) is 32.4 Å². The van der Waals surface area contributed by atoms with E-state index in [0.717, 1.165) is 74.6 Å². The first-order chi connectivity index (χ1) is 16.1. The van der Waals surface area contributed by atoms with Gasteiger partial charge < -0.3 is 9.67 Å². The number of fused-ring (bicyclic) bond motifs is 1. The minimum atomic E-state index is -0.385. The Morgan fingerprint density at radius 3 is 2.58 bits per heavy atom. The van der Waals surface area contributed by atoms with E-state index in [-0.39, 0.29) is 12.0 Å². The Labute approximate surface area is 198 Å². The minimum Gasteiger partial charge on any atom is -0.378 e. The second kappa shape index (κ2) is 10.0. The van der Waals surface area contributed by atoms with E-state index in [1.807, 2.05) is 24.6 Å². The molecule has 5 rings (SSSR count). The van der Waals surface area contributed by atoms with Gasteiger partial charge in [-0.1, -0.05) is 11.8 Å². The molecule has 0 bridgehead atoms. The molecule has 7 nitrogen and oxygen atoms in total. The molecule has 4 heterocycles. The summed E-state index contributed by atoms with van der Waals surface area (Å²) in [4.78, 5) is 9.33. The SMILES string of the molecule is CSc1nc2cc(F)ccc2n1C1CCN(C(O)C2CCN(Cc3ccnnc3)CC2)CC1. The zero-order chi connectivity index (χ0) is 22.8. The maximum absolute atomic E-state index is 13.7. The summed E-state index contributed by atoms with van der Waals surface area (Å²) in [6.07, 6.45) is 9.13. The summed E-state index contributed by atoms with van der Waals surface area (Å²) in [5.41, 5.74) is 2.90. The average molecular weight is 471 g/mol. The number of nitrogens with zero attached hydrogens (tertiary/aromatic N) is 6. The minimum absolute atomic E-state index is 0.249. The molecule has 1 aromatic carbocycles. The standard InChI is InChI=1S/C24H31FN6OS/c1-33-24-28-21-14-19(25)2-3-22(21)31(24)20-7-12-30(13-8-20)23(32)18-5-10-29(11-6-18)16-17-4-9-26-27-15-17/h2-4,9,14-15,18,20,23,32H,5-8,10-13,16H2,1H3. The van der Waals surface area contributed by atoms with Crippen molar-refractivity contribution < 1.29 is 9.50 Å². The van der Waals surface area contributed by atoms with Gasteiger partial charge in [0.1, 0.15) is 12.0 Å². The van der Waals surface area contributed by atoms with Crippen molar-refractivity contribution in [3.8, 4) is 0 Å². The molecular formula is C24H31FN6OS. The van der Waals surface area contributed by atoms with Crippen LogP contribution in [0.4, 0.5) is 4.39 Å².